The summed E-state index contributed by atoms with van der Waals surface area (Å²) < 4.78 is 49.0. The largest absolute Gasteiger partial charge is 0.436 e. The number of halogens is 1. The van der Waals surface area contributed by atoms with Crippen molar-refractivity contribution in [3.05, 3.63) is 77.7 Å². The van der Waals surface area contributed by atoms with Crippen molar-refractivity contribution in [3.63, 3.8) is 0 Å². The maximum absolute atomic E-state index is 14.6. The summed E-state index contributed by atoms with van der Waals surface area (Å²) in [7, 11) is -3.96. The predicted octanol–water partition coefficient (Wildman–Crippen LogP) is 4.37. The first-order chi connectivity index (χ1) is 13.9. The van der Waals surface area contributed by atoms with Crippen LogP contribution in [0.2, 0.25) is 0 Å². The minimum Gasteiger partial charge on any atom is -0.436 e. The van der Waals surface area contributed by atoms with Gasteiger partial charge in [0, 0.05) is 17.6 Å². The summed E-state index contributed by atoms with van der Waals surface area (Å²) in [6.07, 6.45) is 1.47. The quantitative estimate of drug-likeness (QED) is 0.491. The van der Waals surface area contributed by atoms with Gasteiger partial charge in [-0.2, -0.15) is 5.10 Å². The zero-order valence-corrected chi connectivity index (χ0v) is 16.7. The van der Waals surface area contributed by atoms with Gasteiger partial charge in [-0.1, -0.05) is 18.2 Å². The number of rotatable bonds is 6. The normalized spacial score (nSPS) is 11.4. The van der Waals surface area contributed by atoms with Crippen molar-refractivity contribution in [1.82, 2.24) is 14.8 Å². The van der Waals surface area contributed by atoms with Crippen LogP contribution >= 0.6 is 11.3 Å². The number of aryl methyl sites for hydroxylation is 1. The number of ether oxygens (including phenoxy) is 1. The van der Waals surface area contributed by atoms with E-state index in [2.05, 4.69) is 14.8 Å². The van der Waals surface area contributed by atoms with Crippen molar-refractivity contribution in [2.45, 2.75) is 11.8 Å². The summed E-state index contributed by atoms with van der Waals surface area (Å²) in [4.78, 5) is 3.63. The molecule has 2 aromatic carbocycles. The monoisotopic (exact) mass is 430 g/mol. The average Bonchev–Trinajstić information content (AvgIpc) is 3.33. The molecular weight excluding hydrogens is 415 g/mol. The van der Waals surface area contributed by atoms with Gasteiger partial charge in [0.15, 0.2) is 16.7 Å². The average molecular weight is 430 g/mol. The van der Waals surface area contributed by atoms with Crippen LogP contribution in [0.5, 0.6) is 11.6 Å². The van der Waals surface area contributed by atoms with E-state index in [1.54, 1.807) is 23.1 Å². The number of hydrogen-bond acceptors (Lipinski definition) is 6. The fourth-order valence-electron chi connectivity index (χ4n) is 2.59. The van der Waals surface area contributed by atoms with E-state index in [0.717, 1.165) is 23.1 Å². The van der Waals surface area contributed by atoms with Gasteiger partial charge in [0.1, 0.15) is 0 Å². The lowest BCUT2D eigenvalue weighted by atomic mass is 10.3. The summed E-state index contributed by atoms with van der Waals surface area (Å²) in [5.74, 6) is -0.620. The van der Waals surface area contributed by atoms with Crippen LogP contribution in [-0.4, -0.2) is 23.2 Å². The Morgan fingerprint density at radius 3 is 2.62 bits per heavy atom. The highest BCUT2D eigenvalue weighted by molar-refractivity contribution is 7.93. The molecule has 0 bridgehead atoms. The summed E-state index contributed by atoms with van der Waals surface area (Å²) in [6.45, 7) is 1.79. The molecule has 0 saturated carbocycles. The second-order valence-corrected chi connectivity index (χ2v) is 8.59. The van der Waals surface area contributed by atoms with Crippen LogP contribution in [0.25, 0.3) is 5.69 Å². The summed E-state index contributed by atoms with van der Waals surface area (Å²) in [6, 6.07) is 14.4. The number of nitrogens with one attached hydrogen (secondary N) is 1. The Morgan fingerprint density at radius 1 is 1.14 bits per heavy atom. The number of aromatic nitrogens is 3. The van der Waals surface area contributed by atoms with Gasteiger partial charge in [-0.05, 0) is 37.3 Å². The molecule has 10 heteroatoms. The molecule has 0 atom stereocenters. The van der Waals surface area contributed by atoms with E-state index < -0.39 is 15.8 Å². The van der Waals surface area contributed by atoms with Gasteiger partial charge in [0.05, 0.1) is 16.3 Å². The minimum absolute atomic E-state index is 0.115. The Hall–Kier alpha value is -3.24. The van der Waals surface area contributed by atoms with Crippen molar-refractivity contribution in [2.24, 2.45) is 0 Å². The van der Waals surface area contributed by atoms with Gasteiger partial charge in [-0.25, -0.2) is 22.5 Å². The SMILES string of the molecule is Cc1cc(Oc2ccc(S(=O)(=O)Nc3nccs3)cc2F)n(-c2ccccc2)n1. The van der Waals surface area contributed by atoms with E-state index in [1.165, 1.54) is 18.3 Å². The van der Waals surface area contributed by atoms with Crippen LogP contribution in [0.15, 0.2) is 71.1 Å². The zero-order chi connectivity index (χ0) is 20.4. The molecule has 0 unspecified atom stereocenters. The molecule has 0 saturated heterocycles. The maximum atomic E-state index is 14.6. The van der Waals surface area contributed by atoms with E-state index in [-0.39, 0.29) is 15.8 Å². The molecule has 4 aromatic rings. The number of para-hydroxylation sites is 1. The predicted molar refractivity (Wildman–Crippen MR) is 108 cm³/mol. The number of anilines is 1. The lowest BCUT2D eigenvalue weighted by molar-refractivity contribution is 0.413. The van der Waals surface area contributed by atoms with Crippen molar-refractivity contribution < 1.29 is 17.5 Å². The van der Waals surface area contributed by atoms with E-state index in [4.69, 9.17) is 4.74 Å². The Balaban J connectivity index is 1.62. The highest BCUT2D eigenvalue weighted by atomic mass is 32.2. The number of sulfonamides is 1. The zero-order valence-electron chi connectivity index (χ0n) is 15.1. The minimum atomic E-state index is -3.96. The number of thiazole rings is 1. The van der Waals surface area contributed by atoms with E-state index in [1.807, 2.05) is 30.3 Å². The molecule has 2 heterocycles. The Bertz CT molecular complexity index is 1240. The Labute approximate surface area is 170 Å². The molecule has 0 fully saturated rings. The highest BCUT2D eigenvalue weighted by Crippen LogP contribution is 2.29. The van der Waals surface area contributed by atoms with Crippen molar-refractivity contribution in [3.8, 4) is 17.3 Å². The highest BCUT2D eigenvalue weighted by Gasteiger charge is 2.19. The smallest absolute Gasteiger partial charge is 0.263 e. The number of benzene rings is 2. The molecule has 0 aliphatic carbocycles. The fourth-order valence-corrected chi connectivity index (χ4v) is 4.39. The molecule has 29 heavy (non-hydrogen) atoms. The third-order valence-electron chi connectivity index (χ3n) is 3.88. The standard InChI is InChI=1S/C19H15FN4O3S2/c1-13-11-18(24(22-13)14-5-3-2-4-6-14)27-17-8-7-15(12-16(17)20)29(25,26)23-19-21-9-10-28-19/h2-12H,1H3,(H,21,23). The molecule has 0 aliphatic heterocycles. The molecule has 1 N–H and O–H groups in total. The van der Waals surface area contributed by atoms with Crippen LogP contribution in [0.4, 0.5) is 9.52 Å². The molecular formula is C19H15FN4O3S2. The molecule has 0 aliphatic rings. The van der Waals surface area contributed by atoms with Crippen molar-refractivity contribution in [1.29, 1.82) is 0 Å². The first kappa shape index (κ1) is 19.1. The summed E-state index contributed by atoms with van der Waals surface area (Å²) in [5, 5.41) is 6.20. The van der Waals surface area contributed by atoms with Crippen LogP contribution in [0.1, 0.15) is 5.69 Å². The fraction of sp³-hybridized carbons (Fsp3) is 0.0526. The molecule has 0 radical (unpaired) electrons. The van der Waals surface area contributed by atoms with Crippen molar-refractivity contribution in [2.75, 3.05) is 4.72 Å². The van der Waals surface area contributed by atoms with E-state index in [0.29, 0.717) is 11.6 Å². The molecule has 7 nitrogen and oxygen atoms in total. The third-order valence-corrected chi connectivity index (χ3v) is 6.04. The maximum Gasteiger partial charge on any atom is 0.263 e. The van der Waals surface area contributed by atoms with Crippen LogP contribution in [0, 0.1) is 12.7 Å². The summed E-state index contributed by atoms with van der Waals surface area (Å²) in [5.41, 5.74) is 1.44. The Morgan fingerprint density at radius 2 is 1.93 bits per heavy atom. The van der Waals surface area contributed by atoms with Gasteiger partial charge >= 0.3 is 0 Å². The first-order valence-electron chi connectivity index (χ1n) is 8.44. The lowest BCUT2D eigenvalue weighted by Gasteiger charge is -2.11. The van der Waals surface area contributed by atoms with Crippen LogP contribution < -0.4 is 9.46 Å². The molecule has 148 valence electrons. The van der Waals surface area contributed by atoms with Gasteiger partial charge < -0.3 is 4.74 Å². The molecule has 4 rings (SSSR count). The molecule has 2 aromatic heterocycles. The van der Waals surface area contributed by atoms with Crippen molar-refractivity contribution >= 4 is 26.5 Å². The van der Waals surface area contributed by atoms with Crippen LogP contribution in [0.3, 0.4) is 0 Å². The van der Waals surface area contributed by atoms with E-state index in [9.17, 15) is 12.8 Å². The molecule has 0 amide bonds. The lowest BCUT2D eigenvalue weighted by Crippen LogP contribution is -2.13. The first-order valence-corrected chi connectivity index (χ1v) is 10.8. The summed E-state index contributed by atoms with van der Waals surface area (Å²) >= 11 is 1.13. The van der Waals surface area contributed by atoms with E-state index >= 15 is 0 Å². The third kappa shape index (κ3) is 4.13. The van der Waals surface area contributed by atoms with Gasteiger partial charge in [-0.3, -0.25) is 4.72 Å². The topological polar surface area (TPSA) is 86.1 Å². The second kappa shape index (κ2) is 7.64. The second-order valence-electron chi connectivity index (χ2n) is 6.01. The molecule has 0 spiro atoms. The van der Waals surface area contributed by atoms with Crippen LogP contribution in [-0.2, 0) is 10.0 Å². The van der Waals surface area contributed by atoms with Gasteiger partial charge in [0.25, 0.3) is 10.0 Å². The number of hydrogen-bond donors (Lipinski definition) is 1. The number of nitrogens with zero attached hydrogens (tertiary/aromatic N) is 3. The van der Waals surface area contributed by atoms with Gasteiger partial charge in [-0.15, -0.1) is 11.3 Å². The van der Waals surface area contributed by atoms with Gasteiger partial charge in [0.2, 0.25) is 5.88 Å². The Kier molecular flexibility index (Phi) is 5.03.